The van der Waals surface area contributed by atoms with Crippen molar-refractivity contribution in [2.75, 3.05) is 13.1 Å². The van der Waals surface area contributed by atoms with Crippen LogP contribution in [0.1, 0.15) is 52.4 Å². The van der Waals surface area contributed by atoms with Crippen LogP contribution in [0.5, 0.6) is 0 Å². The molecule has 1 saturated heterocycles. The van der Waals surface area contributed by atoms with Crippen LogP contribution in [-0.2, 0) is 10.2 Å². The standard InChI is InChI=1S/C14H29N3O2S/c1-3-12-7-8-14(11(12)2)16-20(18,19)17-9-5-4-6-13(17)10-15/h11-14,16H,3-10,15H2,1-2H3. The topological polar surface area (TPSA) is 75.4 Å². The highest BCUT2D eigenvalue weighted by Gasteiger charge is 2.38. The summed E-state index contributed by atoms with van der Waals surface area (Å²) >= 11 is 0. The van der Waals surface area contributed by atoms with Crippen LogP contribution in [0, 0.1) is 11.8 Å². The summed E-state index contributed by atoms with van der Waals surface area (Å²) in [6, 6.07) is 0.0604. The van der Waals surface area contributed by atoms with Crippen molar-refractivity contribution < 1.29 is 8.42 Å². The Hall–Kier alpha value is -0.170. The number of nitrogens with two attached hydrogens (primary N) is 1. The van der Waals surface area contributed by atoms with Gasteiger partial charge in [-0.15, -0.1) is 0 Å². The van der Waals surface area contributed by atoms with Crippen molar-refractivity contribution in [3.8, 4) is 0 Å². The average Bonchev–Trinajstić information content (AvgIpc) is 2.79. The molecule has 2 rings (SSSR count). The summed E-state index contributed by atoms with van der Waals surface area (Å²) in [6.07, 6.45) is 6.12. The van der Waals surface area contributed by atoms with Crippen molar-refractivity contribution in [1.29, 1.82) is 0 Å². The third-order valence-corrected chi connectivity index (χ3v) is 6.90. The number of rotatable bonds is 5. The average molecular weight is 303 g/mol. The van der Waals surface area contributed by atoms with Crippen molar-refractivity contribution >= 4 is 10.2 Å². The minimum Gasteiger partial charge on any atom is -0.329 e. The first kappa shape index (κ1) is 16.2. The molecule has 0 aromatic rings. The maximum absolute atomic E-state index is 12.6. The zero-order valence-electron chi connectivity index (χ0n) is 12.7. The van der Waals surface area contributed by atoms with Crippen molar-refractivity contribution in [3.63, 3.8) is 0 Å². The van der Waals surface area contributed by atoms with E-state index in [2.05, 4.69) is 18.6 Å². The van der Waals surface area contributed by atoms with Gasteiger partial charge in [0.25, 0.3) is 10.2 Å². The van der Waals surface area contributed by atoms with Gasteiger partial charge < -0.3 is 5.73 Å². The number of hydrogen-bond acceptors (Lipinski definition) is 3. The first-order valence-corrected chi connectivity index (χ1v) is 9.42. The van der Waals surface area contributed by atoms with Crippen LogP contribution >= 0.6 is 0 Å². The van der Waals surface area contributed by atoms with Crippen molar-refractivity contribution in [3.05, 3.63) is 0 Å². The van der Waals surface area contributed by atoms with Gasteiger partial charge in [-0.1, -0.05) is 26.7 Å². The summed E-state index contributed by atoms with van der Waals surface area (Å²) < 4.78 is 29.8. The molecule has 118 valence electrons. The van der Waals surface area contributed by atoms with Gasteiger partial charge in [0.15, 0.2) is 0 Å². The molecule has 0 amide bonds. The maximum atomic E-state index is 12.6. The van der Waals surface area contributed by atoms with Crippen LogP contribution in [0.4, 0.5) is 0 Å². The Morgan fingerprint density at radius 2 is 2.00 bits per heavy atom. The van der Waals surface area contributed by atoms with Crippen molar-refractivity contribution in [1.82, 2.24) is 9.03 Å². The van der Waals surface area contributed by atoms with Gasteiger partial charge in [0.05, 0.1) is 0 Å². The van der Waals surface area contributed by atoms with Gasteiger partial charge in [0.1, 0.15) is 0 Å². The number of piperidine rings is 1. The minimum atomic E-state index is -3.39. The molecular formula is C14H29N3O2S. The summed E-state index contributed by atoms with van der Waals surface area (Å²) in [4.78, 5) is 0. The molecule has 0 radical (unpaired) electrons. The van der Waals surface area contributed by atoms with E-state index in [0.29, 0.717) is 24.9 Å². The van der Waals surface area contributed by atoms with E-state index in [0.717, 1.165) is 38.5 Å². The van der Waals surface area contributed by atoms with Crippen LogP contribution in [0.15, 0.2) is 0 Å². The van der Waals surface area contributed by atoms with Crippen molar-refractivity contribution in [2.45, 2.75) is 64.5 Å². The summed E-state index contributed by atoms with van der Waals surface area (Å²) in [7, 11) is -3.39. The first-order chi connectivity index (χ1) is 9.49. The fourth-order valence-electron chi connectivity index (χ4n) is 3.78. The van der Waals surface area contributed by atoms with E-state index in [9.17, 15) is 8.42 Å². The molecular weight excluding hydrogens is 274 g/mol. The third kappa shape index (κ3) is 3.35. The monoisotopic (exact) mass is 303 g/mol. The molecule has 1 aliphatic heterocycles. The van der Waals surface area contributed by atoms with Gasteiger partial charge in [-0.3, -0.25) is 0 Å². The molecule has 1 heterocycles. The lowest BCUT2D eigenvalue weighted by atomic mass is 9.94. The lowest BCUT2D eigenvalue weighted by Gasteiger charge is -2.35. The highest BCUT2D eigenvalue weighted by molar-refractivity contribution is 7.87. The van der Waals surface area contributed by atoms with Gasteiger partial charge in [-0.05, 0) is 37.5 Å². The van der Waals surface area contributed by atoms with E-state index in [1.54, 1.807) is 4.31 Å². The van der Waals surface area contributed by atoms with Gasteiger partial charge >= 0.3 is 0 Å². The quantitative estimate of drug-likeness (QED) is 0.807. The number of hydrogen-bond donors (Lipinski definition) is 2. The lowest BCUT2D eigenvalue weighted by molar-refractivity contribution is 0.250. The molecule has 4 unspecified atom stereocenters. The van der Waals surface area contributed by atoms with E-state index in [-0.39, 0.29) is 12.1 Å². The highest BCUT2D eigenvalue weighted by Crippen LogP contribution is 2.34. The molecule has 1 saturated carbocycles. The Bertz CT molecular complexity index is 413. The lowest BCUT2D eigenvalue weighted by Crippen LogP contribution is -2.54. The molecule has 3 N–H and O–H groups in total. The molecule has 0 spiro atoms. The SMILES string of the molecule is CCC1CCC(NS(=O)(=O)N2CCCCC2CN)C1C. The van der Waals surface area contributed by atoms with Crippen LogP contribution in [0.25, 0.3) is 0 Å². The normalized spacial score (nSPS) is 36.4. The second-order valence-corrected chi connectivity index (χ2v) is 7.99. The largest absolute Gasteiger partial charge is 0.329 e. The smallest absolute Gasteiger partial charge is 0.280 e. The van der Waals surface area contributed by atoms with Gasteiger partial charge in [0, 0.05) is 25.2 Å². The molecule has 0 aromatic heterocycles. The number of nitrogens with zero attached hydrogens (tertiary/aromatic N) is 1. The fraction of sp³-hybridized carbons (Fsp3) is 1.00. The Balaban J connectivity index is 2.03. The Labute approximate surface area is 123 Å². The summed E-state index contributed by atoms with van der Waals surface area (Å²) in [5.74, 6) is 1.07. The zero-order valence-corrected chi connectivity index (χ0v) is 13.5. The van der Waals surface area contributed by atoms with E-state index in [1.807, 2.05) is 0 Å². The van der Waals surface area contributed by atoms with Crippen LogP contribution in [0.2, 0.25) is 0 Å². The molecule has 1 aliphatic carbocycles. The van der Waals surface area contributed by atoms with Crippen LogP contribution in [0.3, 0.4) is 0 Å². The molecule has 0 bridgehead atoms. The molecule has 5 nitrogen and oxygen atoms in total. The Morgan fingerprint density at radius 3 is 2.60 bits per heavy atom. The van der Waals surface area contributed by atoms with E-state index in [1.165, 1.54) is 0 Å². The highest BCUT2D eigenvalue weighted by atomic mass is 32.2. The van der Waals surface area contributed by atoms with Crippen LogP contribution < -0.4 is 10.5 Å². The molecule has 6 heteroatoms. The molecule has 0 aromatic carbocycles. The predicted octanol–water partition coefficient (Wildman–Crippen LogP) is 1.46. The molecule has 2 fully saturated rings. The maximum Gasteiger partial charge on any atom is 0.280 e. The van der Waals surface area contributed by atoms with Gasteiger partial charge in [-0.25, -0.2) is 0 Å². The van der Waals surface area contributed by atoms with Gasteiger partial charge in [0.2, 0.25) is 0 Å². The zero-order chi connectivity index (χ0) is 14.8. The minimum absolute atomic E-state index is 0.0278. The number of nitrogens with one attached hydrogen (secondary N) is 1. The molecule has 2 aliphatic rings. The summed E-state index contributed by atoms with van der Waals surface area (Å²) in [5.41, 5.74) is 5.74. The molecule has 4 atom stereocenters. The Kier molecular flexibility index (Phi) is 5.45. The second-order valence-electron chi connectivity index (χ2n) is 6.33. The predicted molar refractivity (Wildman–Crippen MR) is 81.4 cm³/mol. The third-order valence-electron chi connectivity index (χ3n) is 5.21. The van der Waals surface area contributed by atoms with E-state index in [4.69, 9.17) is 5.73 Å². The van der Waals surface area contributed by atoms with E-state index >= 15 is 0 Å². The fourth-order valence-corrected chi connectivity index (χ4v) is 5.58. The van der Waals surface area contributed by atoms with Gasteiger partial charge in [-0.2, -0.15) is 17.4 Å². The van der Waals surface area contributed by atoms with Crippen LogP contribution in [-0.4, -0.2) is 37.9 Å². The first-order valence-electron chi connectivity index (χ1n) is 7.98. The van der Waals surface area contributed by atoms with E-state index < -0.39 is 10.2 Å². The van der Waals surface area contributed by atoms with Crippen molar-refractivity contribution in [2.24, 2.45) is 17.6 Å². The summed E-state index contributed by atoms with van der Waals surface area (Å²) in [6.45, 7) is 5.38. The summed E-state index contributed by atoms with van der Waals surface area (Å²) in [5, 5.41) is 0. The second kappa shape index (κ2) is 6.73. The Morgan fingerprint density at radius 1 is 1.25 bits per heavy atom. The molecule has 20 heavy (non-hydrogen) atoms.